The Morgan fingerprint density at radius 1 is 1.07 bits per heavy atom. The number of fused-ring (bicyclic) bond motifs is 1. The van der Waals surface area contributed by atoms with Gasteiger partial charge < -0.3 is 4.90 Å². The van der Waals surface area contributed by atoms with Crippen LogP contribution in [-0.2, 0) is 11.2 Å². The van der Waals surface area contributed by atoms with Crippen LogP contribution in [-0.4, -0.2) is 43.0 Å². The Kier molecular flexibility index (Phi) is 8.68. The highest BCUT2D eigenvalue weighted by atomic mass is 35.5. The number of hydrogen-bond donors (Lipinski definition) is 0. The third kappa shape index (κ3) is 5.94. The molecule has 3 rings (SSSR count). The smallest absolute Gasteiger partial charge is 0.233 e. The molecule has 0 saturated carbocycles. The van der Waals surface area contributed by atoms with Crippen molar-refractivity contribution >= 4 is 56.6 Å². The Morgan fingerprint density at radius 3 is 2.37 bits per heavy atom. The molecule has 162 valence electrons. The van der Waals surface area contributed by atoms with Gasteiger partial charge in [0.05, 0.1) is 16.6 Å². The number of halogens is 2. The molecule has 1 heterocycles. The van der Waals surface area contributed by atoms with Crippen molar-refractivity contribution in [3.63, 3.8) is 0 Å². The molecule has 1 aromatic heterocycles. The van der Waals surface area contributed by atoms with E-state index in [0.717, 1.165) is 33.9 Å². The maximum Gasteiger partial charge on any atom is 0.233 e. The van der Waals surface area contributed by atoms with E-state index in [1.54, 1.807) is 0 Å². The van der Waals surface area contributed by atoms with Gasteiger partial charge in [-0.2, -0.15) is 0 Å². The quantitative estimate of drug-likeness (QED) is 0.440. The number of benzene rings is 2. The van der Waals surface area contributed by atoms with Gasteiger partial charge in [0.1, 0.15) is 0 Å². The molecule has 0 fully saturated rings. The van der Waals surface area contributed by atoms with Gasteiger partial charge in [0.25, 0.3) is 0 Å². The summed E-state index contributed by atoms with van der Waals surface area (Å²) < 4.78 is 1.00. The monoisotopic (exact) mass is 465 g/mol. The molecule has 0 unspecified atom stereocenters. The molecule has 0 radical (unpaired) electrons. The largest absolute Gasteiger partial charge is 0.309 e. The summed E-state index contributed by atoms with van der Waals surface area (Å²) in [7, 11) is 4.09. The highest BCUT2D eigenvalue weighted by Crippen LogP contribution is 2.31. The molecule has 1 amide bonds. The first-order valence-electron chi connectivity index (χ1n) is 9.82. The van der Waals surface area contributed by atoms with Crippen molar-refractivity contribution < 1.29 is 4.79 Å². The van der Waals surface area contributed by atoms with E-state index in [1.165, 1.54) is 28.0 Å². The van der Waals surface area contributed by atoms with E-state index in [1.807, 2.05) is 37.2 Å². The number of nitrogens with zero attached hydrogens (tertiary/aromatic N) is 3. The Hall–Kier alpha value is -1.66. The molecule has 0 aliphatic carbocycles. The second kappa shape index (κ2) is 10.6. The molecule has 0 saturated heterocycles. The summed E-state index contributed by atoms with van der Waals surface area (Å²) in [5, 5.41) is 1.43. The summed E-state index contributed by atoms with van der Waals surface area (Å²) in [4.78, 5) is 22.1. The number of hydrogen-bond acceptors (Lipinski definition) is 4. The molecule has 3 aromatic rings. The van der Waals surface area contributed by atoms with Gasteiger partial charge in [-0.15, -0.1) is 12.4 Å². The summed E-state index contributed by atoms with van der Waals surface area (Å²) in [6.07, 6.45) is 1.28. The Labute approximate surface area is 194 Å². The van der Waals surface area contributed by atoms with Crippen molar-refractivity contribution in [1.29, 1.82) is 0 Å². The molecule has 0 spiro atoms. The summed E-state index contributed by atoms with van der Waals surface area (Å²) >= 11 is 7.66. The minimum atomic E-state index is 0. The minimum absolute atomic E-state index is 0. The Bertz CT molecular complexity index is 1010. The molecule has 0 bridgehead atoms. The number of rotatable bonds is 7. The van der Waals surface area contributed by atoms with Crippen LogP contribution < -0.4 is 4.90 Å². The maximum atomic E-state index is 13.4. The van der Waals surface area contributed by atoms with Crippen molar-refractivity contribution in [2.24, 2.45) is 0 Å². The van der Waals surface area contributed by atoms with E-state index < -0.39 is 0 Å². The van der Waals surface area contributed by atoms with E-state index in [2.05, 4.69) is 37.8 Å². The Morgan fingerprint density at radius 2 is 1.73 bits per heavy atom. The average molecular weight is 466 g/mol. The number of carbonyl (C=O) groups is 1. The Balaban J connectivity index is 0.00000320. The number of carbonyl (C=O) groups excluding carboxylic acids is 1. The van der Waals surface area contributed by atoms with Crippen LogP contribution in [0.15, 0.2) is 30.3 Å². The van der Waals surface area contributed by atoms with Crippen LogP contribution in [0.3, 0.4) is 0 Å². The predicted octanol–water partition coefficient (Wildman–Crippen LogP) is 5.82. The van der Waals surface area contributed by atoms with Crippen molar-refractivity contribution in [2.75, 3.05) is 32.1 Å². The second-order valence-electron chi connectivity index (χ2n) is 7.86. The van der Waals surface area contributed by atoms with Gasteiger partial charge in [-0.25, -0.2) is 4.98 Å². The maximum absolute atomic E-state index is 13.4. The zero-order valence-corrected chi connectivity index (χ0v) is 20.5. The fourth-order valence-electron chi connectivity index (χ4n) is 3.61. The van der Waals surface area contributed by atoms with Gasteiger partial charge >= 0.3 is 0 Å². The first-order chi connectivity index (χ1) is 13.7. The van der Waals surface area contributed by atoms with Gasteiger partial charge in [-0.05, 0) is 82.7 Å². The zero-order valence-electron chi connectivity index (χ0n) is 18.2. The summed E-state index contributed by atoms with van der Waals surface area (Å²) in [6.45, 7) is 7.82. The molecule has 0 aliphatic heterocycles. The van der Waals surface area contributed by atoms with Crippen LogP contribution in [0.2, 0.25) is 5.02 Å². The summed E-state index contributed by atoms with van der Waals surface area (Å²) in [5.74, 6) is 0.0870. The van der Waals surface area contributed by atoms with Gasteiger partial charge in [0.2, 0.25) is 5.91 Å². The normalized spacial score (nSPS) is 11.0. The third-order valence-corrected chi connectivity index (χ3v) is 6.30. The first-order valence-corrected chi connectivity index (χ1v) is 11.0. The van der Waals surface area contributed by atoms with Crippen LogP contribution in [0.4, 0.5) is 5.13 Å². The molecule has 30 heavy (non-hydrogen) atoms. The number of aryl methyl sites for hydroxylation is 3. The molecule has 7 heteroatoms. The van der Waals surface area contributed by atoms with Gasteiger partial charge in [0.15, 0.2) is 5.13 Å². The highest BCUT2D eigenvalue weighted by Gasteiger charge is 2.21. The van der Waals surface area contributed by atoms with Crippen molar-refractivity contribution in [3.05, 3.63) is 57.6 Å². The standard InChI is InChI=1S/C23H28ClN3OS.ClH/c1-15-11-16(2)19(17(3)12-15)14-22(28)27(10-6-9-26(4)5)23-25-20-8-7-18(24)13-21(20)29-23;/h7-8,11-13H,6,9-10,14H2,1-5H3;1H. The average Bonchev–Trinajstić information content (AvgIpc) is 3.03. The first kappa shape index (κ1) is 24.6. The summed E-state index contributed by atoms with van der Waals surface area (Å²) in [5.41, 5.74) is 5.55. The SMILES string of the molecule is Cc1cc(C)c(CC(=O)N(CCCN(C)C)c2nc3ccc(Cl)cc3s2)c(C)c1.Cl. The van der Waals surface area contributed by atoms with Gasteiger partial charge in [-0.3, -0.25) is 9.69 Å². The van der Waals surface area contributed by atoms with Crippen molar-refractivity contribution in [2.45, 2.75) is 33.6 Å². The lowest BCUT2D eigenvalue weighted by molar-refractivity contribution is -0.118. The molecule has 0 N–H and O–H groups in total. The minimum Gasteiger partial charge on any atom is -0.309 e. The van der Waals surface area contributed by atoms with E-state index in [4.69, 9.17) is 16.6 Å². The lowest BCUT2D eigenvalue weighted by atomic mass is 9.97. The molecular formula is C23H29Cl2N3OS. The molecule has 0 aliphatic rings. The zero-order chi connectivity index (χ0) is 21.1. The molecule has 0 atom stereocenters. The number of anilines is 1. The summed E-state index contributed by atoms with van der Waals surface area (Å²) in [6, 6.07) is 9.95. The predicted molar refractivity (Wildman–Crippen MR) is 132 cm³/mol. The molecular weight excluding hydrogens is 437 g/mol. The topological polar surface area (TPSA) is 36.4 Å². The van der Waals surface area contributed by atoms with Gasteiger partial charge in [-0.1, -0.05) is 40.6 Å². The van der Waals surface area contributed by atoms with Crippen LogP contribution in [0.5, 0.6) is 0 Å². The molecule has 2 aromatic carbocycles. The van der Waals surface area contributed by atoms with E-state index >= 15 is 0 Å². The fraction of sp³-hybridized carbons (Fsp3) is 0.391. The van der Waals surface area contributed by atoms with Crippen molar-refractivity contribution in [3.8, 4) is 0 Å². The van der Waals surface area contributed by atoms with Gasteiger partial charge in [0, 0.05) is 11.6 Å². The van der Waals surface area contributed by atoms with Crippen molar-refractivity contribution in [1.82, 2.24) is 9.88 Å². The third-order valence-electron chi connectivity index (χ3n) is 5.03. The second-order valence-corrected chi connectivity index (χ2v) is 9.31. The number of amides is 1. The lowest BCUT2D eigenvalue weighted by Crippen LogP contribution is -2.34. The van der Waals surface area contributed by atoms with Crippen LogP contribution in [0.1, 0.15) is 28.7 Å². The number of thiazole rings is 1. The fourth-order valence-corrected chi connectivity index (χ4v) is 4.89. The van der Waals surface area contributed by atoms with Crippen LogP contribution >= 0.6 is 35.3 Å². The number of aromatic nitrogens is 1. The highest BCUT2D eigenvalue weighted by molar-refractivity contribution is 7.22. The van der Waals surface area contributed by atoms with Crippen LogP contribution in [0, 0.1) is 20.8 Å². The van der Waals surface area contributed by atoms with E-state index in [9.17, 15) is 4.79 Å². The molecule has 4 nitrogen and oxygen atoms in total. The van der Waals surface area contributed by atoms with E-state index in [0.29, 0.717) is 18.0 Å². The van der Waals surface area contributed by atoms with E-state index in [-0.39, 0.29) is 18.3 Å². The van der Waals surface area contributed by atoms with Crippen LogP contribution in [0.25, 0.3) is 10.2 Å². The lowest BCUT2D eigenvalue weighted by Gasteiger charge is -2.22.